The molecule has 1 atom stereocenters. The molecule has 140 valence electrons. The Bertz CT molecular complexity index is 972. The van der Waals surface area contributed by atoms with Crippen molar-refractivity contribution in [3.8, 4) is 5.75 Å². The predicted molar refractivity (Wildman–Crippen MR) is 98.8 cm³/mol. The number of rotatable bonds is 6. The van der Waals surface area contributed by atoms with Gasteiger partial charge < -0.3 is 18.6 Å². The van der Waals surface area contributed by atoms with Crippen LogP contribution in [0.15, 0.2) is 52.9 Å². The first-order valence-corrected chi connectivity index (χ1v) is 8.43. The number of furan rings is 1. The molecule has 3 rings (SSSR count). The molecule has 0 N–H and O–H groups in total. The van der Waals surface area contributed by atoms with Gasteiger partial charge in [0, 0.05) is 0 Å². The van der Waals surface area contributed by atoms with Crippen LogP contribution in [0, 0.1) is 0 Å². The highest BCUT2D eigenvalue weighted by Crippen LogP contribution is 2.26. The number of esters is 2. The van der Waals surface area contributed by atoms with Gasteiger partial charge in [0.05, 0.1) is 20.1 Å². The van der Waals surface area contributed by atoms with Crippen molar-refractivity contribution in [2.45, 2.75) is 19.4 Å². The van der Waals surface area contributed by atoms with E-state index in [1.54, 1.807) is 20.1 Å². The van der Waals surface area contributed by atoms with Gasteiger partial charge in [-0.15, -0.1) is 0 Å². The van der Waals surface area contributed by atoms with Crippen molar-refractivity contribution in [2.75, 3.05) is 14.2 Å². The van der Waals surface area contributed by atoms with Crippen LogP contribution in [0.4, 0.5) is 0 Å². The molecule has 0 radical (unpaired) electrons. The third kappa shape index (κ3) is 4.11. The van der Waals surface area contributed by atoms with Gasteiger partial charge in [0.25, 0.3) is 0 Å². The van der Waals surface area contributed by atoms with Crippen LogP contribution in [0.3, 0.4) is 0 Å². The average molecular weight is 368 g/mol. The Kier molecular flexibility index (Phi) is 5.45. The summed E-state index contributed by atoms with van der Waals surface area (Å²) in [6.45, 7) is 1.74. The lowest BCUT2D eigenvalue weighted by Gasteiger charge is -2.12. The van der Waals surface area contributed by atoms with Gasteiger partial charge in [-0.05, 0) is 47.5 Å². The molecule has 0 aliphatic heterocycles. The number of benzene rings is 2. The molecule has 0 amide bonds. The molecule has 0 saturated heterocycles. The standard InChI is InChI=1S/C21H20O6/c1-13(14-4-5-16-11-17(24-2)7-6-15(16)10-14)20(22)26-12-18-8-9-19(27-18)21(23)25-3/h4-11,13H,12H2,1-3H3/t13-/m0/s1. The lowest BCUT2D eigenvalue weighted by molar-refractivity contribution is -0.146. The van der Waals surface area contributed by atoms with E-state index in [1.807, 2.05) is 36.4 Å². The minimum Gasteiger partial charge on any atom is -0.497 e. The number of hydrogen-bond donors (Lipinski definition) is 0. The second kappa shape index (κ2) is 7.95. The van der Waals surface area contributed by atoms with Crippen LogP contribution in [0.5, 0.6) is 5.75 Å². The van der Waals surface area contributed by atoms with Crippen LogP contribution >= 0.6 is 0 Å². The van der Waals surface area contributed by atoms with E-state index in [4.69, 9.17) is 13.9 Å². The fourth-order valence-electron chi connectivity index (χ4n) is 2.71. The molecule has 0 bridgehead atoms. The molecular weight excluding hydrogens is 348 g/mol. The second-order valence-corrected chi connectivity index (χ2v) is 6.06. The third-order valence-corrected chi connectivity index (χ3v) is 4.33. The highest BCUT2D eigenvalue weighted by molar-refractivity contribution is 5.87. The normalized spacial score (nSPS) is 11.8. The number of fused-ring (bicyclic) bond motifs is 1. The van der Waals surface area contributed by atoms with E-state index in [1.165, 1.54) is 13.2 Å². The van der Waals surface area contributed by atoms with Gasteiger partial charge in [-0.25, -0.2) is 4.79 Å². The molecule has 1 heterocycles. The van der Waals surface area contributed by atoms with Crippen LogP contribution in [0.2, 0.25) is 0 Å². The Morgan fingerprint density at radius 3 is 2.48 bits per heavy atom. The van der Waals surface area contributed by atoms with Gasteiger partial charge in [-0.1, -0.05) is 24.3 Å². The SMILES string of the molecule is COC(=O)c1ccc(COC(=O)[C@@H](C)c2ccc3cc(OC)ccc3c2)o1. The van der Waals surface area contributed by atoms with Gasteiger partial charge in [0.1, 0.15) is 18.1 Å². The summed E-state index contributed by atoms with van der Waals surface area (Å²) in [6, 6.07) is 14.6. The number of carbonyl (C=O) groups excluding carboxylic acids is 2. The second-order valence-electron chi connectivity index (χ2n) is 6.06. The number of ether oxygens (including phenoxy) is 3. The maximum Gasteiger partial charge on any atom is 0.373 e. The molecule has 6 heteroatoms. The molecular formula is C21H20O6. The quantitative estimate of drug-likeness (QED) is 0.611. The van der Waals surface area contributed by atoms with Crippen LogP contribution in [0.1, 0.15) is 34.7 Å². The first kappa shape index (κ1) is 18.5. The molecule has 0 saturated carbocycles. The zero-order chi connectivity index (χ0) is 19.4. The van der Waals surface area contributed by atoms with E-state index >= 15 is 0 Å². The minimum atomic E-state index is -0.575. The Labute approximate surface area is 156 Å². The van der Waals surface area contributed by atoms with Gasteiger partial charge in [0.2, 0.25) is 5.76 Å². The van der Waals surface area contributed by atoms with E-state index in [9.17, 15) is 9.59 Å². The van der Waals surface area contributed by atoms with Crippen molar-refractivity contribution in [3.05, 3.63) is 65.6 Å². The maximum atomic E-state index is 12.4. The molecule has 3 aromatic rings. The first-order chi connectivity index (χ1) is 13.0. The van der Waals surface area contributed by atoms with Crippen LogP contribution in [-0.4, -0.2) is 26.2 Å². The summed E-state index contributed by atoms with van der Waals surface area (Å²) >= 11 is 0. The van der Waals surface area contributed by atoms with Crippen molar-refractivity contribution < 1.29 is 28.2 Å². The molecule has 0 aliphatic rings. The molecule has 1 aromatic heterocycles. The number of carbonyl (C=O) groups is 2. The van der Waals surface area contributed by atoms with Crippen LogP contribution < -0.4 is 4.74 Å². The summed E-state index contributed by atoms with van der Waals surface area (Å²) in [6.07, 6.45) is 0. The topological polar surface area (TPSA) is 75.0 Å². The Morgan fingerprint density at radius 1 is 1.00 bits per heavy atom. The van der Waals surface area contributed by atoms with Crippen molar-refractivity contribution in [1.29, 1.82) is 0 Å². The maximum absolute atomic E-state index is 12.4. The van der Waals surface area contributed by atoms with Gasteiger partial charge in [-0.3, -0.25) is 4.79 Å². The summed E-state index contributed by atoms with van der Waals surface area (Å²) in [5.74, 6) is -0.158. The zero-order valence-electron chi connectivity index (χ0n) is 15.4. The predicted octanol–water partition coefficient (Wildman–Crippen LogP) is 4.07. The summed E-state index contributed by atoms with van der Waals surface area (Å²) in [4.78, 5) is 23.7. The summed E-state index contributed by atoms with van der Waals surface area (Å²) < 4.78 is 20.4. The van der Waals surface area contributed by atoms with Gasteiger partial charge >= 0.3 is 11.9 Å². The molecule has 0 aliphatic carbocycles. The van der Waals surface area contributed by atoms with E-state index in [2.05, 4.69) is 4.74 Å². The Balaban J connectivity index is 1.67. The minimum absolute atomic E-state index is 0.0506. The van der Waals surface area contributed by atoms with Crippen molar-refractivity contribution in [1.82, 2.24) is 0 Å². The Hall–Kier alpha value is -3.28. The number of hydrogen-bond acceptors (Lipinski definition) is 6. The van der Waals surface area contributed by atoms with Crippen LogP contribution in [-0.2, 0) is 20.9 Å². The molecule has 0 unspecified atom stereocenters. The largest absolute Gasteiger partial charge is 0.497 e. The third-order valence-electron chi connectivity index (χ3n) is 4.33. The summed E-state index contributed by atoms with van der Waals surface area (Å²) in [7, 11) is 2.90. The molecule has 0 fully saturated rings. The average Bonchev–Trinajstić information content (AvgIpc) is 3.19. The van der Waals surface area contributed by atoms with Crippen molar-refractivity contribution >= 4 is 22.7 Å². The van der Waals surface area contributed by atoms with Crippen molar-refractivity contribution in [2.24, 2.45) is 0 Å². The fourth-order valence-corrected chi connectivity index (χ4v) is 2.71. The smallest absolute Gasteiger partial charge is 0.373 e. The lowest BCUT2D eigenvalue weighted by Crippen LogP contribution is -2.13. The molecule has 27 heavy (non-hydrogen) atoms. The van der Waals surface area contributed by atoms with Gasteiger partial charge in [-0.2, -0.15) is 0 Å². The van der Waals surface area contributed by atoms with E-state index < -0.39 is 11.9 Å². The van der Waals surface area contributed by atoms with Crippen LogP contribution in [0.25, 0.3) is 10.8 Å². The highest BCUT2D eigenvalue weighted by atomic mass is 16.6. The lowest BCUT2D eigenvalue weighted by atomic mass is 9.98. The zero-order valence-corrected chi connectivity index (χ0v) is 15.4. The highest BCUT2D eigenvalue weighted by Gasteiger charge is 2.19. The van der Waals surface area contributed by atoms with E-state index in [0.717, 1.165) is 22.1 Å². The molecule has 6 nitrogen and oxygen atoms in total. The molecule has 0 spiro atoms. The Morgan fingerprint density at radius 2 is 1.74 bits per heavy atom. The van der Waals surface area contributed by atoms with Crippen molar-refractivity contribution in [3.63, 3.8) is 0 Å². The van der Waals surface area contributed by atoms with Gasteiger partial charge in [0.15, 0.2) is 0 Å². The van der Waals surface area contributed by atoms with E-state index in [0.29, 0.717) is 5.76 Å². The molecule has 2 aromatic carbocycles. The first-order valence-electron chi connectivity index (χ1n) is 8.43. The van der Waals surface area contributed by atoms with E-state index in [-0.39, 0.29) is 18.3 Å². The summed E-state index contributed by atoms with van der Waals surface area (Å²) in [5, 5.41) is 2.05. The monoisotopic (exact) mass is 368 g/mol. The fraction of sp³-hybridized carbons (Fsp3) is 0.238. The number of methoxy groups -OCH3 is 2. The summed E-state index contributed by atoms with van der Waals surface area (Å²) in [5.41, 5.74) is 0.854.